The highest BCUT2D eigenvalue weighted by Crippen LogP contribution is 2.32. The van der Waals surface area contributed by atoms with E-state index in [2.05, 4.69) is 4.98 Å². The Balaban J connectivity index is 2.09. The maximum absolute atomic E-state index is 12.8. The molecular weight excluding hydrogens is 276 g/mol. The summed E-state index contributed by atoms with van der Waals surface area (Å²) in [5, 5.41) is 0.0793. The predicted molar refractivity (Wildman–Crippen MR) is 76.8 cm³/mol. The molecule has 2 aromatic heterocycles. The number of fused-ring (bicyclic) bond motifs is 1. The molecular formula is C13H18N4O2S. The predicted octanol–water partition coefficient (Wildman–Crippen LogP) is 1.34. The van der Waals surface area contributed by atoms with Crippen LogP contribution < -0.4 is 5.73 Å². The van der Waals surface area contributed by atoms with Gasteiger partial charge in [-0.3, -0.25) is 4.40 Å². The molecule has 0 aromatic carbocycles. The average Bonchev–Trinajstić information content (AvgIpc) is 3.15. The SMILES string of the molecule is CCN(CC1CC1)S(=O)(=O)c1c(N)nc2ccccn12. The number of sulfonamides is 1. The highest BCUT2D eigenvalue weighted by atomic mass is 32.2. The van der Waals surface area contributed by atoms with Crippen LogP contribution in [0.5, 0.6) is 0 Å². The first-order valence-corrected chi connectivity index (χ1v) is 8.20. The van der Waals surface area contributed by atoms with E-state index in [1.54, 1.807) is 28.8 Å². The summed E-state index contributed by atoms with van der Waals surface area (Å²) in [4.78, 5) is 4.13. The molecule has 7 heteroatoms. The smallest absolute Gasteiger partial charge is 0.262 e. The third kappa shape index (κ3) is 2.16. The number of nitrogens with zero attached hydrogens (tertiary/aromatic N) is 3. The van der Waals surface area contributed by atoms with Crippen LogP contribution in [-0.4, -0.2) is 35.2 Å². The lowest BCUT2D eigenvalue weighted by Crippen LogP contribution is -2.34. The van der Waals surface area contributed by atoms with Gasteiger partial charge in [0.2, 0.25) is 0 Å². The molecule has 20 heavy (non-hydrogen) atoms. The van der Waals surface area contributed by atoms with Crippen molar-refractivity contribution < 1.29 is 8.42 Å². The molecule has 0 atom stereocenters. The molecule has 2 aromatic rings. The fraction of sp³-hybridized carbons (Fsp3) is 0.462. The van der Waals surface area contributed by atoms with Gasteiger partial charge in [-0.05, 0) is 30.9 Å². The largest absolute Gasteiger partial charge is 0.381 e. The van der Waals surface area contributed by atoms with Gasteiger partial charge in [0, 0.05) is 19.3 Å². The maximum atomic E-state index is 12.8. The van der Waals surface area contributed by atoms with Crippen molar-refractivity contribution in [3.63, 3.8) is 0 Å². The van der Waals surface area contributed by atoms with E-state index in [1.165, 1.54) is 4.31 Å². The zero-order valence-electron chi connectivity index (χ0n) is 11.4. The Morgan fingerprint density at radius 3 is 2.85 bits per heavy atom. The second kappa shape index (κ2) is 4.75. The lowest BCUT2D eigenvalue weighted by atomic mass is 10.4. The van der Waals surface area contributed by atoms with E-state index in [1.807, 2.05) is 6.92 Å². The first-order chi connectivity index (χ1) is 9.54. The molecule has 0 spiro atoms. The summed E-state index contributed by atoms with van der Waals surface area (Å²) in [5.41, 5.74) is 6.39. The highest BCUT2D eigenvalue weighted by Gasteiger charge is 2.34. The van der Waals surface area contributed by atoms with Gasteiger partial charge in [-0.25, -0.2) is 13.4 Å². The van der Waals surface area contributed by atoms with Gasteiger partial charge in [-0.2, -0.15) is 4.31 Å². The van der Waals surface area contributed by atoms with E-state index in [0.29, 0.717) is 24.7 Å². The van der Waals surface area contributed by atoms with Crippen molar-refractivity contribution in [2.45, 2.75) is 24.8 Å². The summed E-state index contributed by atoms with van der Waals surface area (Å²) in [6.07, 6.45) is 3.89. The van der Waals surface area contributed by atoms with Gasteiger partial charge in [0.1, 0.15) is 5.65 Å². The third-order valence-electron chi connectivity index (χ3n) is 3.61. The van der Waals surface area contributed by atoms with Crippen LogP contribution in [0.25, 0.3) is 5.65 Å². The average molecular weight is 294 g/mol. The molecule has 0 bridgehead atoms. The van der Waals surface area contributed by atoms with Gasteiger partial charge in [0.05, 0.1) is 0 Å². The van der Waals surface area contributed by atoms with Gasteiger partial charge in [0.15, 0.2) is 10.8 Å². The Bertz CT molecular complexity index is 734. The van der Waals surface area contributed by atoms with Crippen LogP contribution in [0.1, 0.15) is 19.8 Å². The molecule has 1 aliphatic carbocycles. The van der Waals surface area contributed by atoms with Crippen molar-refractivity contribution in [1.29, 1.82) is 0 Å². The first-order valence-electron chi connectivity index (χ1n) is 6.76. The fourth-order valence-electron chi connectivity index (χ4n) is 2.36. The van der Waals surface area contributed by atoms with Crippen LogP contribution in [0.3, 0.4) is 0 Å². The first kappa shape index (κ1) is 13.4. The second-order valence-electron chi connectivity index (χ2n) is 5.13. The zero-order chi connectivity index (χ0) is 14.3. The molecule has 2 N–H and O–H groups in total. The molecule has 6 nitrogen and oxygen atoms in total. The van der Waals surface area contributed by atoms with Crippen molar-refractivity contribution in [1.82, 2.24) is 13.7 Å². The van der Waals surface area contributed by atoms with Gasteiger partial charge >= 0.3 is 0 Å². The van der Waals surface area contributed by atoms with E-state index >= 15 is 0 Å². The Morgan fingerprint density at radius 2 is 2.20 bits per heavy atom. The monoisotopic (exact) mass is 294 g/mol. The molecule has 0 amide bonds. The standard InChI is InChI=1S/C13H18N4O2S/c1-2-16(9-10-6-7-10)20(18,19)13-12(14)15-11-5-3-4-8-17(11)13/h3-5,8,10H,2,6-7,9,14H2,1H3. The molecule has 108 valence electrons. The van der Waals surface area contributed by atoms with Crippen LogP contribution >= 0.6 is 0 Å². The Labute approximate surface area is 118 Å². The number of anilines is 1. The summed E-state index contributed by atoms with van der Waals surface area (Å²) in [6.45, 7) is 2.86. The molecule has 0 saturated heterocycles. The second-order valence-corrected chi connectivity index (χ2v) is 6.98. The molecule has 3 rings (SSSR count). The molecule has 0 unspecified atom stereocenters. The van der Waals surface area contributed by atoms with Gasteiger partial charge in [-0.15, -0.1) is 0 Å². The van der Waals surface area contributed by atoms with Crippen LogP contribution in [0, 0.1) is 5.92 Å². The summed E-state index contributed by atoms with van der Waals surface area (Å²) < 4.78 is 28.7. The van der Waals surface area contributed by atoms with Crippen LogP contribution in [0.15, 0.2) is 29.4 Å². The molecule has 1 fully saturated rings. The third-order valence-corrected chi connectivity index (χ3v) is 5.59. The van der Waals surface area contributed by atoms with E-state index < -0.39 is 10.0 Å². The van der Waals surface area contributed by atoms with E-state index in [4.69, 9.17) is 5.73 Å². The minimum Gasteiger partial charge on any atom is -0.381 e. The van der Waals surface area contributed by atoms with E-state index in [9.17, 15) is 8.42 Å². The minimum atomic E-state index is -3.61. The van der Waals surface area contributed by atoms with Crippen molar-refractivity contribution in [2.75, 3.05) is 18.8 Å². The lowest BCUT2D eigenvalue weighted by Gasteiger charge is -2.20. The van der Waals surface area contributed by atoms with Crippen LogP contribution in [0.2, 0.25) is 0 Å². The number of nitrogens with two attached hydrogens (primary N) is 1. The van der Waals surface area contributed by atoms with Crippen LogP contribution in [-0.2, 0) is 10.0 Å². The van der Waals surface area contributed by atoms with Crippen molar-refractivity contribution >= 4 is 21.5 Å². The van der Waals surface area contributed by atoms with Crippen molar-refractivity contribution in [2.24, 2.45) is 5.92 Å². The summed E-state index contributed by atoms with van der Waals surface area (Å²) >= 11 is 0. The fourth-order valence-corrected chi connectivity index (χ4v) is 4.06. The van der Waals surface area contributed by atoms with Gasteiger partial charge < -0.3 is 5.73 Å². The van der Waals surface area contributed by atoms with Crippen LogP contribution in [0.4, 0.5) is 5.82 Å². The number of pyridine rings is 1. The van der Waals surface area contributed by atoms with E-state index in [-0.39, 0.29) is 10.8 Å². The zero-order valence-corrected chi connectivity index (χ0v) is 12.2. The molecule has 1 aliphatic rings. The van der Waals surface area contributed by atoms with E-state index in [0.717, 1.165) is 12.8 Å². The molecule has 2 heterocycles. The summed E-state index contributed by atoms with van der Waals surface area (Å²) in [5.74, 6) is 0.551. The molecule has 0 radical (unpaired) electrons. The molecule has 1 saturated carbocycles. The number of rotatable bonds is 5. The normalized spacial score (nSPS) is 16.1. The van der Waals surface area contributed by atoms with Gasteiger partial charge in [0.25, 0.3) is 10.0 Å². The van der Waals surface area contributed by atoms with Crippen molar-refractivity contribution in [3.8, 4) is 0 Å². The lowest BCUT2D eigenvalue weighted by molar-refractivity contribution is 0.410. The molecule has 0 aliphatic heterocycles. The Morgan fingerprint density at radius 1 is 1.45 bits per heavy atom. The summed E-state index contributed by atoms with van der Waals surface area (Å²) in [6, 6.07) is 5.32. The quantitative estimate of drug-likeness (QED) is 0.902. The number of imidazole rings is 1. The highest BCUT2D eigenvalue weighted by molar-refractivity contribution is 7.89. The maximum Gasteiger partial charge on any atom is 0.262 e. The number of nitrogen functional groups attached to an aromatic ring is 1. The Kier molecular flexibility index (Phi) is 3.18. The van der Waals surface area contributed by atoms with Gasteiger partial charge in [-0.1, -0.05) is 13.0 Å². The summed E-state index contributed by atoms with van der Waals surface area (Å²) in [7, 11) is -3.61. The number of aromatic nitrogens is 2. The minimum absolute atomic E-state index is 0.0606. The number of hydrogen-bond acceptors (Lipinski definition) is 4. The van der Waals surface area contributed by atoms with Crippen molar-refractivity contribution in [3.05, 3.63) is 24.4 Å². The Hall–Kier alpha value is -1.60. The topological polar surface area (TPSA) is 80.7 Å². The number of hydrogen-bond donors (Lipinski definition) is 1.